The first-order chi connectivity index (χ1) is 9.76. The fourth-order valence-corrected chi connectivity index (χ4v) is 3.91. The van der Waals surface area contributed by atoms with Gasteiger partial charge in [0.15, 0.2) is 0 Å². The van der Waals surface area contributed by atoms with E-state index in [1.54, 1.807) is 0 Å². The highest BCUT2D eigenvalue weighted by atomic mass is 32.2. The standard InChI is InChI=1S/C16H26N2OS/c1-3-11-19-14-9-5-8-13(16(14)17)18-12-7-6-10-15(12)20-4-2/h5,8-9,12,15,18H,3-4,6-7,10-11,17H2,1-2H3. The number of nitrogens with two attached hydrogens (primary N) is 1. The third kappa shape index (κ3) is 3.75. The Labute approximate surface area is 126 Å². The highest BCUT2D eigenvalue weighted by Crippen LogP contribution is 2.35. The Balaban J connectivity index is 2.05. The first-order valence-electron chi connectivity index (χ1n) is 7.65. The smallest absolute Gasteiger partial charge is 0.144 e. The highest BCUT2D eigenvalue weighted by molar-refractivity contribution is 7.99. The molecule has 1 aromatic rings. The van der Waals surface area contributed by atoms with E-state index in [1.807, 2.05) is 12.1 Å². The molecule has 0 heterocycles. The van der Waals surface area contributed by atoms with Gasteiger partial charge in [-0.25, -0.2) is 0 Å². The lowest BCUT2D eigenvalue weighted by Gasteiger charge is -2.23. The van der Waals surface area contributed by atoms with Gasteiger partial charge in [-0.1, -0.05) is 26.3 Å². The van der Waals surface area contributed by atoms with Crippen LogP contribution in [0.2, 0.25) is 0 Å². The van der Waals surface area contributed by atoms with Gasteiger partial charge >= 0.3 is 0 Å². The van der Waals surface area contributed by atoms with Crippen molar-refractivity contribution in [2.45, 2.75) is 50.8 Å². The van der Waals surface area contributed by atoms with Crippen molar-refractivity contribution in [3.05, 3.63) is 18.2 Å². The molecule has 0 aromatic heterocycles. The van der Waals surface area contributed by atoms with Gasteiger partial charge in [-0.15, -0.1) is 0 Å². The van der Waals surface area contributed by atoms with Crippen LogP contribution in [-0.2, 0) is 0 Å². The van der Waals surface area contributed by atoms with Crippen molar-refractivity contribution in [2.24, 2.45) is 0 Å². The van der Waals surface area contributed by atoms with Crippen LogP contribution in [0.15, 0.2) is 18.2 Å². The van der Waals surface area contributed by atoms with Crippen molar-refractivity contribution in [3.8, 4) is 5.75 Å². The quantitative estimate of drug-likeness (QED) is 0.742. The largest absolute Gasteiger partial charge is 0.491 e. The van der Waals surface area contributed by atoms with Crippen LogP contribution in [0.25, 0.3) is 0 Å². The molecule has 20 heavy (non-hydrogen) atoms. The molecule has 0 bridgehead atoms. The summed E-state index contributed by atoms with van der Waals surface area (Å²) < 4.78 is 5.70. The molecule has 3 N–H and O–H groups in total. The number of nitrogen functional groups attached to an aromatic ring is 1. The molecule has 1 fully saturated rings. The van der Waals surface area contributed by atoms with Crippen LogP contribution in [0.4, 0.5) is 11.4 Å². The van der Waals surface area contributed by atoms with E-state index in [9.17, 15) is 0 Å². The van der Waals surface area contributed by atoms with Crippen molar-refractivity contribution in [1.29, 1.82) is 0 Å². The maximum absolute atomic E-state index is 6.23. The lowest BCUT2D eigenvalue weighted by molar-refractivity contribution is 0.319. The molecule has 2 rings (SSSR count). The Bertz CT molecular complexity index is 425. The van der Waals surface area contributed by atoms with Crippen molar-refractivity contribution < 1.29 is 4.74 Å². The Hall–Kier alpha value is -1.03. The number of benzene rings is 1. The third-order valence-electron chi connectivity index (χ3n) is 3.70. The van der Waals surface area contributed by atoms with Crippen molar-refractivity contribution in [2.75, 3.05) is 23.4 Å². The van der Waals surface area contributed by atoms with E-state index in [2.05, 4.69) is 37.0 Å². The second-order valence-electron chi connectivity index (χ2n) is 5.24. The fraction of sp³-hybridized carbons (Fsp3) is 0.625. The summed E-state index contributed by atoms with van der Waals surface area (Å²) in [5, 5.41) is 4.34. The van der Waals surface area contributed by atoms with Gasteiger partial charge in [-0.05, 0) is 37.1 Å². The molecule has 112 valence electrons. The molecule has 0 radical (unpaired) electrons. The van der Waals surface area contributed by atoms with E-state index in [0.717, 1.165) is 23.5 Å². The normalized spacial score (nSPS) is 21.9. The maximum Gasteiger partial charge on any atom is 0.144 e. The SMILES string of the molecule is CCCOc1cccc(NC2CCCC2SCC)c1N. The van der Waals surface area contributed by atoms with E-state index >= 15 is 0 Å². The molecule has 3 nitrogen and oxygen atoms in total. The molecule has 0 aliphatic heterocycles. The minimum Gasteiger partial charge on any atom is -0.491 e. The minimum atomic E-state index is 0.531. The predicted octanol–water partition coefficient (Wildman–Crippen LogP) is 4.14. The number of hydrogen-bond donors (Lipinski definition) is 2. The van der Waals surface area contributed by atoms with E-state index in [1.165, 1.54) is 25.0 Å². The summed E-state index contributed by atoms with van der Waals surface area (Å²) in [6, 6.07) is 6.55. The number of hydrogen-bond acceptors (Lipinski definition) is 4. The molecule has 0 amide bonds. The Morgan fingerprint density at radius 1 is 1.35 bits per heavy atom. The van der Waals surface area contributed by atoms with Gasteiger partial charge in [-0.2, -0.15) is 11.8 Å². The molecule has 1 aromatic carbocycles. The summed E-state index contributed by atoms with van der Waals surface area (Å²) in [7, 11) is 0. The lowest BCUT2D eigenvalue weighted by Crippen LogP contribution is -2.26. The van der Waals surface area contributed by atoms with Crippen molar-refractivity contribution >= 4 is 23.1 Å². The number of para-hydroxylation sites is 1. The number of thioether (sulfide) groups is 1. The van der Waals surface area contributed by atoms with E-state index in [0.29, 0.717) is 17.9 Å². The summed E-state index contributed by atoms with van der Waals surface area (Å²) in [5.74, 6) is 1.98. The Morgan fingerprint density at radius 2 is 2.20 bits per heavy atom. The van der Waals surface area contributed by atoms with E-state index < -0.39 is 0 Å². The van der Waals surface area contributed by atoms with Crippen LogP contribution in [0.1, 0.15) is 39.5 Å². The van der Waals surface area contributed by atoms with Gasteiger partial charge in [0.05, 0.1) is 18.0 Å². The first kappa shape index (κ1) is 15.4. The van der Waals surface area contributed by atoms with Gasteiger partial charge in [0, 0.05) is 11.3 Å². The minimum absolute atomic E-state index is 0.531. The van der Waals surface area contributed by atoms with Crippen LogP contribution in [0, 0.1) is 0 Å². The topological polar surface area (TPSA) is 47.3 Å². The van der Waals surface area contributed by atoms with Gasteiger partial charge < -0.3 is 15.8 Å². The number of anilines is 2. The lowest BCUT2D eigenvalue weighted by atomic mass is 10.2. The van der Waals surface area contributed by atoms with Crippen molar-refractivity contribution in [3.63, 3.8) is 0 Å². The number of rotatable bonds is 7. The zero-order chi connectivity index (χ0) is 14.4. The molecule has 1 aliphatic carbocycles. The van der Waals surface area contributed by atoms with E-state index in [4.69, 9.17) is 10.5 Å². The zero-order valence-corrected chi connectivity index (χ0v) is 13.3. The van der Waals surface area contributed by atoms with Crippen LogP contribution in [-0.4, -0.2) is 23.7 Å². The molecular formula is C16H26N2OS. The average Bonchev–Trinajstić information content (AvgIpc) is 2.88. The van der Waals surface area contributed by atoms with Crippen LogP contribution >= 0.6 is 11.8 Å². The van der Waals surface area contributed by atoms with Gasteiger partial charge in [0.1, 0.15) is 5.75 Å². The summed E-state index contributed by atoms with van der Waals surface area (Å²) >= 11 is 2.06. The van der Waals surface area contributed by atoms with Gasteiger partial charge in [-0.3, -0.25) is 0 Å². The summed E-state index contributed by atoms with van der Waals surface area (Å²) in [4.78, 5) is 0. The van der Waals surface area contributed by atoms with Crippen LogP contribution in [0.3, 0.4) is 0 Å². The molecular weight excluding hydrogens is 268 g/mol. The van der Waals surface area contributed by atoms with Crippen LogP contribution in [0.5, 0.6) is 5.75 Å². The summed E-state index contributed by atoms with van der Waals surface area (Å²) in [5.41, 5.74) is 7.99. The maximum atomic E-state index is 6.23. The Kier molecular flexibility index (Phi) is 5.89. The average molecular weight is 294 g/mol. The molecule has 1 aliphatic rings. The second kappa shape index (κ2) is 7.67. The molecule has 0 spiro atoms. The van der Waals surface area contributed by atoms with Gasteiger partial charge in [0.2, 0.25) is 0 Å². The fourth-order valence-electron chi connectivity index (χ4n) is 2.71. The zero-order valence-electron chi connectivity index (χ0n) is 12.5. The molecule has 4 heteroatoms. The van der Waals surface area contributed by atoms with Crippen molar-refractivity contribution in [1.82, 2.24) is 0 Å². The first-order valence-corrected chi connectivity index (χ1v) is 8.70. The van der Waals surface area contributed by atoms with Gasteiger partial charge in [0.25, 0.3) is 0 Å². The number of nitrogens with one attached hydrogen (secondary N) is 1. The molecule has 0 saturated heterocycles. The predicted molar refractivity (Wildman–Crippen MR) is 89.8 cm³/mol. The molecule has 2 atom stereocenters. The van der Waals surface area contributed by atoms with E-state index in [-0.39, 0.29) is 0 Å². The Morgan fingerprint density at radius 3 is 2.95 bits per heavy atom. The number of ether oxygens (including phenoxy) is 1. The van der Waals surface area contributed by atoms with Crippen LogP contribution < -0.4 is 15.8 Å². The summed E-state index contributed by atoms with van der Waals surface area (Å²) in [6.45, 7) is 5.04. The summed E-state index contributed by atoms with van der Waals surface area (Å²) in [6.07, 6.45) is 4.84. The highest BCUT2D eigenvalue weighted by Gasteiger charge is 2.27. The third-order valence-corrected chi connectivity index (χ3v) is 5.03. The monoisotopic (exact) mass is 294 g/mol. The second-order valence-corrected chi connectivity index (χ2v) is 6.76. The molecule has 2 unspecified atom stereocenters. The molecule has 1 saturated carbocycles.